The zero-order valence-corrected chi connectivity index (χ0v) is 12.0. The number of hydrogen-bond acceptors (Lipinski definition) is 3. The Morgan fingerprint density at radius 2 is 1.56 bits per heavy atom. The standard InChI is InChI=1S/C12H24O3S/c1-9(8-10(13)11(2,3)4)16(14,15)12(5,6)7/h10,13H,1,8H2,2-7H3. The molecule has 4 heteroatoms. The maximum absolute atomic E-state index is 12.0. The molecule has 0 saturated heterocycles. The average molecular weight is 248 g/mol. The summed E-state index contributed by atoms with van der Waals surface area (Å²) in [6.07, 6.45) is -0.597. The van der Waals surface area contributed by atoms with Gasteiger partial charge in [0, 0.05) is 11.3 Å². The lowest BCUT2D eigenvalue weighted by atomic mass is 9.87. The van der Waals surface area contributed by atoms with E-state index < -0.39 is 20.7 Å². The Bertz CT molecular complexity index is 353. The first-order valence-electron chi connectivity index (χ1n) is 5.40. The van der Waals surface area contributed by atoms with Gasteiger partial charge in [0.05, 0.1) is 10.9 Å². The fourth-order valence-corrected chi connectivity index (χ4v) is 2.31. The molecule has 1 unspecified atom stereocenters. The van der Waals surface area contributed by atoms with E-state index in [1.54, 1.807) is 20.8 Å². The first kappa shape index (κ1) is 15.7. The van der Waals surface area contributed by atoms with E-state index in [2.05, 4.69) is 6.58 Å². The first-order valence-corrected chi connectivity index (χ1v) is 6.89. The number of aliphatic hydroxyl groups excluding tert-OH is 1. The predicted octanol–water partition coefficient (Wildman–Crippen LogP) is 2.51. The minimum atomic E-state index is -3.39. The highest BCUT2D eigenvalue weighted by molar-refractivity contribution is 7.96. The van der Waals surface area contributed by atoms with Crippen LogP contribution in [0.4, 0.5) is 0 Å². The second-order valence-electron chi connectivity index (χ2n) is 6.24. The topological polar surface area (TPSA) is 54.4 Å². The molecule has 0 bridgehead atoms. The summed E-state index contributed by atoms with van der Waals surface area (Å²) in [5, 5.41) is 9.86. The normalized spacial score (nSPS) is 15.9. The van der Waals surface area contributed by atoms with Crippen molar-refractivity contribution in [2.75, 3.05) is 0 Å². The summed E-state index contributed by atoms with van der Waals surface area (Å²) in [6.45, 7) is 14.1. The molecule has 0 amide bonds. The van der Waals surface area contributed by atoms with Crippen LogP contribution in [0.1, 0.15) is 48.0 Å². The summed E-state index contributed by atoms with van der Waals surface area (Å²) in [4.78, 5) is 0.113. The Hall–Kier alpha value is -0.350. The van der Waals surface area contributed by atoms with Gasteiger partial charge in [0.25, 0.3) is 0 Å². The number of rotatable bonds is 3. The fourth-order valence-electron chi connectivity index (χ4n) is 1.06. The molecular weight excluding hydrogens is 224 g/mol. The maximum atomic E-state index is 12.0. The van der Waals surface area contributed by atoms with Crippen molar-refractivity contribution in [1.82, 2.24) is 0 Å². The molecule has 1 N–H and O–H groups in total. The zero-order valence-electron chi connectivity index (χ0n) is 11.2. The molecule has 0 aliphatic heterocycles. The van der Waals surface area contributed by atoms with Crippen LogP contribution in [-0.2, 0) is 9.84 Å². The van der Waals surface area contributed by atoms with Gasteiger partial charge in [0.2, 0.25) is 0 Å². The van der Waals surface area contributed by atoms with Gasteiger partial charge < -0.3 is 5.11 Å². The molecule has 0 radical (unpaired) electrons. The van der Waals surface area contributed by atoms with Crippen LogP contribution in [0.15, 0.2) is 11.5 Å². The number of hydrogen-bond donors (Lipinski definition) is 1. The van der Waals surface area contributed by atoms with Gasteiger partial charge >= 0.3 is 0 Å². The highest BCUT2D eigenvalue weighted by Gasteiger charge is 2.34. The molecule has 0 aromatic heterocycles. The van der Waals surface area contributed by atoms with E-state index >= 15 is 0 Å². The molecule has 0 fully saturated rings. The Kier molecular flexibility index (Phi) is 4.39. The van der Waals surface area contributed by atoms with Gasteiger partial charge in [0.1, 0.15) is 0 Å². The molecule has 3 nitrogen and oxygen atoms in total. The molecule has 0 rings (SSSR count). The largest absolute Gasteiger partial charge is 0.392 e. The summed E-state index contributed by atoms with van der Waals surface area (Å²) in [5.74, 6) is 0. The van der Waals surface area contributed by atoms with Gasteiger partial charge in [-0.3, -0.25) is 0 Å². The van der Waals surface area contributed by atoms with Crippen LogP contribution in [0.5, 0.6) is 0 Å². The zero-order chi connectivity index (χ0) is 13.4. The maximum Gasteiger partial charge on any atom is 0.178 e. The van der Waals surface area contributed by atoms with E-state index in [9.17, 15) is 13.5 Å². The SMILES string of the molecule is C=C(CC(O)C(C)(C)C)S(=O)(=O)C(C)(C)C. The Labute approximate surface area is 99.5 Å². The van der Waals surface area contributed by atoms with Gasteiger partial charge in [-0.25, -0.2) is 8.42 Å². The van der Waals surface area contributed by atoms with Crippen LogP contribution in [0.25, 0.3) is 0 Å². The lowest BCUT2D eigenvalue weighted by Gasteiger charge is -2.28. The molecule has 0 spiro atoms. The molecule has 0 aromatic rings. The third-order valence-electron chi connectivity index (χ3n) is 2.61. The molecular formula is C12H24O3S. The van der Waals surface area contributed by atoms with Crippen LogP contribution in [0, 0.1) is 5.41 Å². The van der Waals surface area contributed by atoms with Crippen LogP contribution >= 0.6 is 0 Å². The molecule has 0 aliphatic carbocycles. The van der Waals surface area contributed by atoms with Gasteiger partial charge in [-0.05, 0) is 26.2 Å². The molecule has 0 aromatic carbocycles. The summed E-state index contributed by atoms with van der Waals surface area (Å²) in [7, 11) is -3.39. The monoisotopic (exact) mass is 248 g/mol. The lowest BCUT2D eigenvalue weighted by molar-refractivity contribution is 0.0650. The summed E-state index contributed by atoms with van der Waals surface area (Å²) >= 11 is 0. The minimum absolute atomic E-state index is 0.100. The van der Waals surface area contributed by atoms with Crippen molar-refractivity contribution in [3.05, 3.63) is 11.5 Å². The second-order valence-corrected chi connectivity index (χ2v) is 9.05. The van der Waals surface area contributed by atoms with Gasteiger partial charge in [-0.2, -0.15) is 0 Å². The van der Waals surface area contributed by atoms with Crippen molar-refractivity contribution < 1.29 is 13.5 Å². The van der Waals surface area contributed by atoms with E-state index in [1.165, 1.54) is 0 Å². The van der Waals surface area contributed by atoms with Crippen molar-refractivity contribution in [2.24, 2.45) is 5.41 Å². The fraction of sp³-hybridized carbons (Fsp3) is 0.833. The highest BCUT2D eigenvalue weighted by atomic mass is 32.2. The van der Waals surface area contributed by atoms with E-state index in [0.717, 1.165) is 0 Å². The van der Waals surface area contributed by atoms with Crippen molar-refractivity contribution >= 4 is 9.84 Å². The molecule has 1 atom stereocenters. The smallest absolute Gasteiger partial charge is 0.178 e. The van der Waals surface area contributed by atoms with Crippen LogP contribution < -0.4 is 0 Å². The van der Waals surface area contributed by atoms with Crippen molar-refractivity contribution in [3.63, 3.8) is 0 Å². The number of aliphatic hydroxyl groups is 1. The van der Waals surface area contributed by atoms with Gasteiger partial charge in [-0.1, -0.05) is 27.4 Å². The second kappa shape index (κ2) is 4.49. The summed E-state index contributed by atoms with van der Waals surface area (Å²) in [6, 6.07) is 0. The Morgan fingerprint density at radius 1 is 1.19 bits per heavy atom. The van der Waals surface area contributed by atoms with Crippen LogP contribution in [0.2, 0.25) is 0 Å². The minimum Gasteiger partial charge on any atom is -0.392 e. The summed E-state index contributed by atoms with van der Waals surface area (Å²) in [5.41, 5.74) is -0.337. The van der Waals surface area contributed by atoms with Crippen LogP contribution in [0.3, 0.4) is 0 Å². The molecule has 96 valence electrons. The molecule has 16 heavy (non-hydrogen) atoms. The van der Waals surface area contributed by atoms with E-state index in [4.69, 9.17) is 0 Å². The lowest BCUT2D eigenvalue weighted by Crippen LogP contribution is -2.33. The summed E-state index contributed by atoms with van der Waals surface area (Å²) < 4.78 is 23.1. The first-order chi connectivity index (χ1) is 6.80. The quantitative estimate of drug-likeness (QED) is 0.835. The Balaban J connectivity index is 4.89. The Morgan fingerprint density at radius 3 is 1.81 bits per heavy atom. The van der Waals surface area contributed by atoms with Gasteiger partial charge in [0.15, 0.2) is 9.84 Å². The number of sulfone groups is 1. The molecule has 0 aliphatic rings. The predicted molar refractivity (Wildman–Crippen MR) is 67.9 cm³/mol. The van der Waals surface area contributed by atoms with Crippen LogP contribution in [-0.4, -0.2) is 24.4 Å². The van der Waals surface area contributed by atoms with Crippen molar-refractivity contribution in [2.45, 2.75) is 58.8 Å². The average Bonchev–Trinajstić information content (AvgIpc) is 1.99. The van der Waals surface area contributed by atoms with E-state index in [-0.39, 0.29) is 16.7 Å². The molecule has 0 saturated carbocycles. The third kappa shape index (κ3) is 3.59. The van der Waals surface area contributed by atoms with Crippen molar-refractivity contribution in [3.8, 4) is 0 Å². The molecule has 0 heterocycles. The van der Waals surface area contributed by atoms with Crippen molar-refractivity contribution in [1.29, 1.82) is 0 Å². The van der Waals surface area contributed by atoms with E-state index in [0.29, 0.717) is 0 Å². The third-order valence-corrected chi connectivity index (χ3v) is 5.15. The van der Waals surface area contributed by atoms with E-state index in [1.807, 2.05) is 20.8 Å². The highest BCUT2D eigenvalue weighted by Crippen LogP contribution is 2.30. The van der Waals surface area contributed by atoms with Gasteiger partial charge in [-0.15, -0.1) is 0 Å².